The van der Waals surface area contributed by atoms with Gasteiger partial charge in [0.1, 0.15) is 0 Å². The molecule has 0 radical (unpaired) electrons. The van der Waals surface area contributed by atoms with E-state index in [1.807, 2.05) is 25.0 Å². The van der Waals surface area contributed by atoms with Gasteiger partial charge in [-0.05, 0) is 0 Å². The molecule has 6 aromatic rings. The number of nitrogens with zero attached hydrogens (tertiary/aromatic N) is 4. The van der Waals surface area contributed by atoms with Crippen molar-refractivity contribution in [2.75, 3.05) is 0 Å². The monoisotopic (exact) mass is 760 g/mol. The summed E-state index contributed by atoms with van der Waals surface area (Å²) in [6.07, 6.45) is 16.8. The summed E-state index contributed by atoms with van der Waals surface area (Å²) in [6, 6.07) is 31.5. The minimum atomic E-state index is -2.34. The SMILES string of the molecule is CC1=Cc2c(-c3ccccc3)cc(-n3ccnc3)cc2[C@@H]1[Zr+2]([C@H]1C(C)=Cc2c(-c3ccccc3)cc(-n3ccnc3)cc21)=[Si](C)C.[Cl-].[Cl-]. The summed E-state index contributed by atoms with van der Waals surface area (Å²) in [5, 5.41) is 0. The van der Waals surface area contributed by atoms with Crippen LogP contribution < -0.4 is 24.8 Å². The van der Waals surface area contributed by atoms with Gasteiger partial charge in [-0.1, -0.05) is 0 Å². The molecule has 0 N–H and O–H groups in total. The third kappa shape index (κ3) is 5.98. The van der Waals surface area contributed by atoms with Crippen LogP contribution in [-0.2, 0) is 20.4 Å². The molecule has 0 amide bonds. The Balaban J connectivity index is 0.00000201. The molecule has 2 aliphatic carbocycles. The Morgan fingerprint density at radius 3 is 1.38 bits per heavy atom. The van der Waals surface area contributed by atoms with Crippen LogP contribution in [0.5, 0.6) is 0 Å². The largest absolute Gasteiger partial charge is 1.00 e. The zero-order valence-corrected chi connectivity index (χ0v) is 32.4. The average Bonchev–Trinajstić information content (AvgIpc) is 3.89. The maximum absolute atomic E-state index is 4.41. The third-order valence-electron chi connectivity index (χ3n) is 9.64. The number of hydrogen-bond donors (Lipinski definition) is 0. The van der Waals surface area contributed by atoms with Gasteiger partial charge in [-0.2, -0.15) is 0 Å². The van der Waals surface area contributed by atoms with Crippen LogP contribution >= 0.6 is 0 Å². The Hall–Kier alpha value is -3.54. The minimum absolute atomic E-state index is 0. The van der Waals surface area contributed by atoms with Crippen molar-refractivity contribution in [2.45, 2.75) is 34.2 Å². The Morgan fingerprint density at radius 1 is 0.604 bits per heavy atom. The second kappa shape index (κ2) is 14.1. The normalized spacial score (nSPS) is 15.6. The van der Waals surface area contributed by atoms with Gasteiger partial charge in [0.2, 0.25) is 0 Å². The number of aromatic nitrogens is 4. The second-order valence-corrected chi connectivity index (χ2v) is 30.6. The third-order valence-corrected chi connectivity index (χ3v) is 29.6. The van der Waals surface area contributed by atoms with Gasteiger partial charge in [0.05, 0.1) is 0 Å². The molecule has 0 spiro atoms. The van der Waals surface area contributed by atoms with Crippen molar-refractivity contribution in [2.24, 2.45) is 0 Å². The zero-order valence-electron chi connectivity index (χ0n) is 27.4. The molecule has 4 nitrogen and oxygen atoms in total. The Morgan fingerprint density at radius 2 is 1.02 bits per heavy atom. The van der Waals surface area contributed by atoms with Gasteiger partial charge in [0.25, 0.3) is 0 Å². The molecule has 0 fully saturated rings. The molecule has 2 aliphatic rings. The summed E-state index contributed by atoms with van der Waals surface area (Å²) in [5.74, 6) is 0. The summed E-state index contributed by atoms with van der Waals surface area (Å²) < 4.78 is 5.38. The fourth-order valence-electron chi connectivity index (χ4n) is 7.64. The summed E-state index contributed by atoms with van der Waals surface area (Å²) in [4.78, 5) is 8.81. The van der Waals surface area contributed by atoms with Crippen LogP contribution in [0.3, 0.4) is 0 Å². The Bertz CT molecular complexity index is 2030. The molecule has 4 aromatic carbocycles. The zero-order chi connectivity index (χ0) is 31.4. The van der Waals surface area contributed by atoms with Crippen molar-refractivity contribution in [1.29, 1.82) is 0 Å². The fourth-order valence-corrected chi connectivity index (χ4v) is 28.3. The predicted molar refractivity (Wildman–Crippen MR) is 188 cm³/mol. The maximum Gasteiger partial charge on any atom is -1.00 e. The van der Waals surface area contributed by atoms with Gasteiger partial charge in [0, 0.05) is 0 Å². The van der Waals surface area contributed by atoms with Gasteiger partial charge in [-0.25, -0.2) is 0 Å². The van der Waals surface area contributed by atoms with Gasteiger partial charge in [-0.15, -0.1) is 0 Å². The number of rotatable bonds is 6. The first-order valence-corrected chi connectivity index (χ1v) is 25.0. The van der Waals surface area contributed by atoms with Crippen molar-refractivity contribution < 1.29 is 45.2 Å². The van der Waals surface area contributed by atoms with Gasteiger partial charge in [-0.3, -0.25) is 0 Å². The van der Waals surface area contributed by atoms with Crippen LogP contribution in [-0.4, -0.2) is 24.5 Å². The van der Waals surface area contributed by atoms with E-state index in [2.05, 4.69) is 156 Å². The molecular weight excluding hydrogens is 727 g/mol. The van der Waals surface area contributed by atoms with E-state index in [1.54, 1.807) is 11.1 Å². The van der Waals surface area contributed by atoms with Crippen molar-refractivity contribution in [1.82, 2.24) is 19.1 Å². The molecule has 0 bridgehead atoms. The average molecular weight is 763 g/mol. The van der Waals surface area contributed by atoms with Gasteiger partial charge < -0.3 is 24.8 Å². The predicted octanol–water partition coefficient (Wildman–Crippen LogP) is 3.89. The van der Waals surface area contributed by atoms with Crippen LogP contribution in [0.1, 0.15) is 43.4 Å². The Kier molecular flexibility index (Phi) is 10.1. The van der Waals surface area contributed by atoms with Gasteiger partial charge >= 0.3 is 281 Å². The van der Waals surface area contributed by atoms with Crippen LogP contribution in [0.4, 0.5) is 0 Å². The van der Waals surface area contributed by atoms with E-state index in [9.17, 15) is 0 Å². The van der Waals surface area contributed by atoms with Crippen molar-refractivity contribution in [3.63, 3.8) is 0 Å². The Labute approximate surface area is 303 Å². The standard InChI is InChI=1S/2C19H15N2.C2H6Si.2ClH.Zr/c2*1-14-9-16-11-17(21-8-7-20-13-21)12-19(18(16)10-14)15-5-3-2-4-6-15;1-3-2;;;/h2*2-13H,1H3;1-2H3;2*1H;/q;;;;;+2/p-2. The van der Waals surface area contributed by atoms with E-state index >= 15 is 0 Å². The number of halogens is 2. The molecule has 0 unspecified atom stereocenters. The molecule has 48 heavy (non-hydrogen) atoms. The van der Waals surface area contributed by atoms with E-state index in [0.29, 0.717) is 7.25 Å². The van der Waals surface area contributed by atoms with E-state index in [4.69, 9.17) is 0 Å². The summed E-state index contributed by atoms with van der Waals surface area (Å²) in [7, 11) is 0. The molecule has 2 aromatic heterocycles. The first-order chi connectivity index (χ1) is 22.5. The number of imidazole rings is 2. The smallest absolute Gasteiger partial charge is 1.00 e. The molecule has 2 heterocycles. The van der Waals surface area contributed by atoms with Crippen LogP contribution in [0.15, 0.2) is 134 Å². The van der Waals surface area contributed by atoms with Gasteiger partial charge in [0.15, 0.2) is 0 Å². The number of fused-ring (bicyclic) bond motifs is 2. The van der Waals surface area contributed by atoms with Crippen LogP contribution in [0.2, 0.25) is 13.1 Å². The molecule has 238 valence electrons. The molecule has 8 rings (SSSR count). The molecule has 8 heteroatoms. The first kappa shape index (κ1) is 34.3. The topological polar surface area (TPSA) is 35.6 Å². The first-order valence-electron chi connectivity index (χ1n) is 15.9. The van der Waals surface area contributed by atoms with Crippen LogP contribution in [0.25, 0.3) is 45.8 Å². The van der Waals surface area contributed by atoms with E-state index in [1.165, 1.54) is 55.9 Å². The maximum atomic E-state index is 4.41. The molecular formula is C40H36Cl2N4SiZr. The van der Waals surface area contributed by atoms with E-state index < -0.39 is 25.8 Å². The van der Waals surface area contributed by atoms with Crippen LogP contribution in [0, 0.1) is 0 Å². The van der Waals surface area contributed by atoms with E-state index in [-0.39, 0.29) is 24.8 Å². The summed E-state index contributed by atoms with van der Waals surface area (Å²) in [5.41, 5.74) is 15.9. The second-order valence-electron chi connectivity index (χ2n) is 12.8. The molecule has 0 saturated carbocycles. The van der Waals surface area contributed by atoms with E-state index in [0.717, 1.165) is 0 Å². The molecule has 2 atom stereocenters. The number of allylic oxidation sites excluding steroid dienone is 2. The van der Waals surface area contributed by atoms with Crippen molar-refractivity contribution >= 4 is 17.6 Å². The quantitative estimate of drug-likeness (QED) is 0.242. The summed E-state index contributed by atoms with van der Waals surface area (Å²) >= 11 is -2.34. The van der Waals surface area contributed by atoms with Crippen molar-refractivity contribution in [3.8, 4) is 33.6 Å². The van der Waals surface area contributed by atoms with Crippen molar-refractivity contribution in [3.05, 3.63) is 156 Å². The molecule has 0 saturated heterocycles. The minimum Gasteiger partial charge on any atom is -1.00 e. The molecule has 0 aliphatic heterocycles. The fraction of sp³-hybridized carbons (Fsp3) is 0.150. The summed E-state index contributed by atoms with van der Waals surface area (Å²) in [6.45, 7) is 10.0. The number of benzene rings is 4. The number of hydrogen-bond acceptors (Lipinski definition) is 2.